The molecule has 1 amide bonds. The molecule has 0 aromatic heterocycles. The second-order valence-electron chi connectivity index (χ2n) is 10.2. The summed E-state index contributed by atoms with van der Waals surface area (Å²) in [5, 5.41) is 21.2. The normalized spacial score (nSPS) is 27.9. The van der Waals surface area contributed by atoms with Gasteiger partial charge in [-0.2, -0.15) is 0 Å². The zero-order valence-corrected chi connectivity index (χ0v) is 19.2. The number of carbonyl (C=O) groups excluding carboxylic acids is 1. The van der Waals surface area contributed by atoms with Gasteiger partial charge in [-0.3, -0.25) is 4.79 Å². The summed E-state index contributed by atoms with van der Waals surface area (Å²) in [6, 6.07) is 0. The van der Waals surface area contributed by atoms with Crippen LogP contribution >= 0.6 is 0 Å². The molecule has 0 heterocycles. The standard InChI is InChI=1S/C25H43NO3/c1-6-7-14-25(2,3)23(28)13-12-20-21-16-18(15-19(21)17-22(20)27)10-8-9-11-24(29)26(4)5/h12-13,15,19-23,27-28H,6-11,14,16-17H2,1-5H3/t19-,20+,21-,22+,23-/m0/s1. The van der Waals surface area contributed by atoms with Crippen molar-refractivity contribution in [3.8, 4) is 0 Å². The van der Waals surface area contributed by atoms with Crippen LogP contribution in [-0.2, 0) is 4.79 Å². The third-order valence-electron chi connectivity index (χ3n) is 7.08. The highest BCUT2D eigenvalue weighted by atomic mass is 16.3. The van der Waals surface area contributed by atoms with E-state index < -0.39 is 6.10 Å². The van der Waals surface area contributed by atoms with Gasteiger partial charge in [0.15, 0.2) is 0 Å². The predicted octanol–water partition coefficient (Wildman–Crippen LogP) is 4.71. The quantitative estimate of drug-likeness (QED) is 0.386. The van der Waals surface area contributed by atoms with E-state index in [1.54, 1.807) is 4.90 Å². The maximum Gasteiger partial charge on any atom is 0.222 e. The zero-order chi connectivity index (χ0) is 21.6. The van der Waals surface area contributed by atoms with Gasteiger partial charge in [0, 0.05) is 26.4 Å². The van der Waals surface area contributed by atoms with Gasteiger partial charge in [-0.25, -0.2) is 0 Å². The highest BCUT2D eigenvalue weighted by Crippen LogP contribution is 2.48. The van der Waals surface area contributed by atoms with Crippen molar-refractivity contribution >= 4 is 5.91 Å². The van der Waals surface area contributed by atoms with Crippen molar-refractivity contribution in [3.63, 3.8) is 0 Å². The summed E-state index contributed by atoms with van der Waals surface area (Å²) in [4.78, 5) is 13.4. The lowest BCUT2D eigenvalue weighted by Gasteiger charge is -2.29. The van der Waals surface area contributed by atoms with Crippen molar-refractivity contribution in [2.24, 2.45) is 23.2 Å². The van der Waals surface area contributed by atoms with Crippen LogP contribution in [0, 0.1) is 23.2 Å². The lowest BCUT2D eigenvalue weighted by molar-refractivity contribution is -0.128. The summed E-state index contributed by atoms with van der Waals surface area (Å²) in [5.74, 6) is 1.27. The van der Waals surface area contributed by atoms with Crippen molar-refractivity contribution < 1.29 is 15.0 Å². The number of amides is 1. The van der Waals surface area contributed by atoms with Crippen LogP contribution in [0.5, 0.6) is 0 Å². The van der Waals surface area contributed by atoms with Gasteiger partial charge < -0.3 is 15.1 Å². The second-order valence-corrected chi connectivity index (χ2v) is 10.2. The molecule has 0 aliphatic heterocycles. The maximum absolute atomic E-state index is 11.7. The monoisotopic (exact) mass is 405 g/mol. The Balaban J connectivity index is 1.84. The SMILES string of the molecule is CCCCC(C)(C)[C@@H](O)C=C[C@@H]1[C@H]2CC(CCCCC(=O)N(C)C)=C[C@H]2C[C@H]1O. The largest absolute Gasteiger partial charge is 0.392 e. The van der Waals surface area contributed by atoms with E-state index >= 15 is 0 Å². The molecule has 4 nitrogen and oxygen atoms in total. The first-order valence-corrected chi connectivity index (χ1v) is 11.6. The molecular formula is C25H43NO3. The molecule has 0 aromatic rings. The van der Waals surface area contributed by atoms with Crippen LogP contribution in [0.25, 0.3) is 0 Å². The van der Waals surface area contributed by atoms with E-state index in [4.69, 9.17) is 0 Å². The molecule has 29 heavy (non-hydrogen) atoms. The highest BCUT2D eigenvalue weighted by molar-refractivity contribution is 5.75. The fraction of sp³-hybridized carbons (Fsp3) is 0.800. The molecule has 2 N–H and O–H groups in total. The van der Waals surface area contributed by atoms with Gasteiger partial charge in [0.2, 0.25) is 5.91 Å². The fourth-order valence-electron chi connectivity index (χ4n) is 4.92. The van der Waals surface area contributed by atoms with Gasteiger partial charge in [-0.05, 0) is 55.8 Å². The van der Waals surface area contributed by atoms with Gasteiger partial charge in [-0.1, -0.05) is 57.4 Å². The number of unbranched alkanes of at least 4 members (excludes halogenated alkanes) is 2. The summed E-state index contributed by atoms with van der Waals surface area (Å²) < 4.78 is 0. The summed E-state index contributed by atoms with van der Waals surface area (Å²) in [5.41, 5.74) is 1.37. The summed E-state index contributed by atoms with van der Waals surface area (Å²) in [6.07, 6.45) is 14.5. The first-order valence-electron chi connectivity index (χ1n) is 11.6. The number of hydrogen-bond donors (Lipinski definition) is 2. The van der Waals surface area contributed by atoms with E-state index in [0.29, 0.717) is 18.3 Å². The Morgan fingerprint density at radius 3 is 2.69 bits per heavy atom. The van der Waals surface area contributed by atoms with Crippen LogP contribution in [0.4, 0.5) is 0 Å². The lowest BCUT2D eigenvalue weighted by Crippen LogP contribution is -2.28. The molecule has 2 aliphatic carbocycles. The number of aliphatic hydroxyl groups excluding tert-OH is 2. The van der Waals surface area contributed by atoms with E-state index in [1.807, 2.05) is 20.2 Å². The van der Waals surface area contributed by atoms with E-state index in [1.165, 1.54) is 5.57 Å². The molecule has 0 saturated heterocycles. The number of hydrogen-bond acceptors (Lipinski definition) is 3. The Morgan fingerprint density at radius 2 is 2.03 bits per heavy atom. The van der Waals surface area contributed by atoms with Crippen molar-refractivity contribution in [2.75, 3.05) is 14.1 Å². The Bertz CT molecular complexity index is 593. The van der Waals surface area contributed by atoms with Crippen LogP contribution in [0.15, 0.2) is 23.8 Å². The second kappa shape index (κ2) is 10.8. The first-order chi connectivity index (χ1) is 13.7. The third-order valence-corrected chi connectivity index (χ3v) is 7.08. The number of nitrogens with zero attached hydrogens (tertiary/aromatic N) is 1. The molecule has 166 valence electrons. The van der Waals surface area contributed by atoms with Gasteiger partial charge >= 0.3 is 0 Å². The summed E-state index contributed by atoms with van der Waals surface area (Å²) in [6.45, 7) is 6.43. The van der Waals surface area contributed by atoms with Crippen LogP contribution in [0.2, 0.25) is 0 Å². The smallest absolute Gasteiger partial charge is 0.222 e. The minimum Gasteiger partial charge on any atom is -0.392 e. The zero-order valence-electron chi connectivity index (χ0n) is 19.2. The average molecular weight is 406 g/mol. The molecule has 2 aliphatic rings. The Morgan fingerprint density at radius 1 is 1.31 bits per heavy atom. The number of carbonyl (C=O) groups is 1. The Kier molecular flexibility index (Phi) is 8.96. The Labute approximate surface area is 178 Å². The van der Waals surface area contributed by atoms with Crippen molar-refractivity contribution in [1.29, 1.82) is 0 Å². The number of allylic oxidation sites excluding steroid dienone is 2. The van der Waals surface area contributed by atoms with E-state index in [-0.39, 0.29) is 23.3 Å². The molecule has 1 saturated carbocycles. The van der Waals surface area contributed by atoms with Crippen LogP contribution < -0.4 is 0 Å². The van der Waals surface area contributed by atoms with Crippen molar-refractivity contribution in [2.45, 2.75) is 90.8 Å². The van der Waals surface area contributed by atoms with E-state index in [9.17, 15) is 15.0 Å². The van der Waals surface area contributed by atoms with Gasteiger partial charge in [0.25, 0.3) is 0 Å². The molecule has 1 fully saturated rings. The molecule has 0 unspecified atom stereocenters. The van der Waals surface area contributed by atoms with Crippen LogP contribution in [0.1, 0.15) is 78.6 Å². The molecular weight excluding hydrogens is 362 g/mol. The molecule has 4 heteroatoms. The highest BCUT2D eigenvalue weighted by Gasteiger charge is 2.43. The number of fused-ring (bicyclic) bond motifs is 1. The van der Waals surface area contributed by atoms with Crippen LogP contribution in [0.3, 0.4) is 0 Å². The van der Waals surface area contributed by atoms with Crippen molar-refractivity contribution in [1.82, 2.24) is 4.90 Å². The predicted molar refractivity (Wildman–Crippen MR) is 119 cm³/mol. The number of rotatable bonds is 11. The lowest BCUT2D eigenvalue weighted by atomic mass is 9.80. The first kappa shape index (κ1) is 24.1. The molecule has 0 aromatic carbocycles. The Hall–Kier alpha value is -1.13. The van der Waals surface area contributed by atoms with E-state index in [2.05, 4.69) is 32.9 Å². The maximum atomic E-state index is 11.7. The minimum absolute atomic E-state index is 0.126. The minimum atomic E-state index is -0.469. The van der Waals surface area contributed by atoms with Gasteiger partial charge in [0.05, 0.1) is 12.2 Å². The summed E-state index contributed by atoms with van der Waals surface area (Å²) in [7, 11) is 3.62. The van der Waals surface area contributed by atoms with Crippen molar-refractivity contribution in [3.05, 3.63) is 23.8 Å². The average Bonchev–Trinajstić information content (AvgIpc) is 3.17. The van der Waals surface area contributed by atoms with Gasteiger partial charge in [-0.15, -0.1) is 0 Å². The van der Waals surface area contributed by atoms with E-state index in [0.717, 1.165) is 51.4 Å². The fourth-order valence-corrected chi connectivity index (χ4v) is 4.92. The molecule has 0 spiro atoms. The number of aliphatic hydroxyl groups is 2. The van der Waals surface area contributed by atoms with Gasteiger partial charge in [0.1, 0.15) is 0 Å². The molecule has 0 radical (unpaired) electrons. The summed E-state index contributed by atoms with van der Waals surface area (Å²) >= 11 is 0. The third kappa shape index (κ3) is 6.68. The van der Waals surface area contributed by atoms with Crippen LogP contribution in [-0.4, -0.2) is 47.3 Å². The molecule has 5 atom stereocenters. The topological polar surface area (TPSA) is 60.8 Å². The molecule has 2 rings (SSSR count). The molecule has 0 bridgehead atoms.